The van der Waals surface area contributed by atoms with E-state index in [0.717, 1.165) is 38.6 Å². The third-order valence-electron chi connectivity index (χ3n) is 2.60. The van der Waals surface area contributed by atoms with Crippen molar-refractivity contribution in [1.82, 2.24) is 20.8 Å². The van der Waals surface area contributed by atoms with E-state index in [2.05, 4.69) is 32.7 Å². The van der Waals surface area contributed by atoms with Gasteiger partial charge in [-0.25, -0.2) is 0 Å². The maximum Gasteiger partial charge on any atom is 0.246 e. The summed E-state index contributed by atoms with van der Waals surface area (Å²) in [7, 11) is 1.73. The van der Waals surface area contributed by atoms with E-state index < -0.39 is 0 Å². The Morgan fingerprint density at radius 1 is 1.30 bits per heavy atom. The molecule has 0 saturated carbocycles. The highest BCUT2D eigenvalue weighted by atomic mass is 16.5. The predicted octanol–water partition coefficient (Wildman–Crippen LogP) is 1.25. The second-order valence-corrected chi connectivity index (χ2v) is 4.41. The first-order valence-electron chi connectivity index (χ1n) is 7.07. The molecule has 0 fully saturated rings. The molecule has 1 aromatic rings. The van der Waals surface area contributed by atoms with Crippen LogP contribution in [0.3, 0.4) is 0 Å². The molecule has 0 spiro atoms. The zero-order valence-corrected chi connectivity index (χ0v) is 12.6. The number of rotatable bonds is 9. The van der Waals surface area contributed by atoms with E-state index in [1.54, 1.807) is 14.0 Å². The van der Waals surface area contributed by atoms with E-state index >= 15 is 0 Å². The molecule has 0 radical (unpaired) electrons. The Morgan fingerprint density at radius 2 is 2.10 bits per heavy atom. The summed E-state index contributed by atoms with van der Waals surface area (Å²) in [6.07, 6.45) is 3.24. The average Bonchev–Trinajstić information content (AvgIpc) is 2.87. The lowest BCUT2D eigenvalue weighted by Gasteiger charge is -2.10. The van der Waals surface area contributed by atoms with E-state index in [1.807, 2.05) is 0 Å². The molecular formula is C13H25N5O2. The molecule has 0 aliphatic heterocycles. The van der Waals surface area contributed by atoms with Crippen molar-refractivity contribution in [3.63, 3.8) is 0 Å². The largest absolute Gasteiger partial charge is 0.381 e. The summed E-state index contributed by atoms with van der Waals surface area (Å²) >= 11 is 0. The fraction of sp³-hybridized carbons (Fsp3) is 0.769. The van der Waals surface area contributed by atoms with E-state index in [0.29, 0.717) is 18.3 Å². The minimum atomic E-state index is 0.466. The van der Waals surface area contributed by atoms with Gasteiger partial charge in [0, 0.05) is 26.8 Å². The topological polar surface area (TPSA) is 84.6 Å². The fourth-order valence-electron chi connectivity index (χ4n) is 1.52. The Balaban J connectivity index is 2.08. The fourth-order valence-corrected chi connectivity index (χ4v) is 1.52. The minimum Gasteiger partial charge on any atom is -0.381 e. The summed E-state index contributed by atoms with van der Waals surface area (Å²) in [5.74, 6) is 1.90. The van der Waals surface area contributed by atoms with Crippen LogP contribution in [0.4, 0.5) is 0 Å². The highest BCUT2D eigenvalue weighted by molar-refractivity contribution is 5.79. The van der Waals surface area contributed by atoms with Gasteiger partial charge in [0.1, 0.15) is 0 Å². The van der Waals surface area contributed by atoms with Crippen molar-refractivity contribution < 1.29 is 9.26 Å². The van der Waals surface area contributed by atoms with Crippen molar-refractivity contribution in [3.8, 4) is 0 Å². The number of ether oxygens (including phenoxy) is 1. The molecule has 7 heteroatoms. The van der Waals surface area contributed by atoms with Crippen molar-refractivity contribution in [1.29, 1.82) is 0 Å². The lowest BCUT2D eigenvalue weighted by atomic mass is 10.4. The Morgan fingerprint density at radius 3 is 2.75 bits per heavy atom. The lowest BCUT2D eigenvalue weighted by Crippen LogP contribution is -2.37. The summed E-state index contributed by atoms with van der Waals surface area (Å²) < 4.78 is 10.5. The molecule has 114 valence electrons. The Kier molecular flexibility index (Phi) is 8.37. The second-order valence-electron chi connectivity index (χ2n) is 4.41. The normalized spacial score (nSPS) is 11.7. The molecule has 1 aromatic heterocycles. The van der Waals surface area contributed by atoms with Gasteiger partial charge in [-0.15, -0.1) is 0 Å². The van der Waals surface area contributed by atoms with E-state index in [9.17, 15) is 0 Å². The number of nitrogens with one attached hydrogen (secondary N) is 2. The molecule has 0 aromatic carbocycles. The van der Waals surface area contributed by atoms with Gasteiger partial charge in [0.15, 0.2) is 11.8 Å². The standard InChI is InChI=1S/C13H25N5O2/c1-4-5-8-19-9-6-7-15-13(14-3)16-10-12-17-11(2)18-20-12/h4-10H2,1-3H3,(H2,14,15,16). The van der Waals surface area contributed by atoms with Gasteiger partial charge in [0.25, 0.3) is 0 Å². The summed E-state index contributed by atoms with van der Waals surface area (Å²) in [5.41, 5.74) is 0. The van der Waals surface area contributed by atoms with Crippen molar-refractivity contribution in [2.75, 3.05) is 26.8 Å². The molecule has 0 aliphatic carbocycles. The molecule has 0 unspecified atom stereocenters. The molecule has 0 saturated heterocycles. The third-order valence-corrected chi connectivity index (χ3v) is 2.60. The highest BCUT2D eigenvalue weighted by Gasteiger charge is 2.03. The summed E-state index contributed by atoms with van der Waals surface area (Å²) in [5, 5.41) is 10.0. The molecule has 0 aliphatic rings. The number of aryl methyl sites for hydroxylation is 1. The maximum atomic E-state index is 5.49. The molecule has 0 amide bonds. The van der Waals surface area contributed by atoms with Crippen molar-refractivity contribution in [2.24, 2.45) is 4.99 Å². The van der Waals surface area contributed by atoms with E-state index in [4.69, 9.17) is 9.26 Å². The van der Waals surface area contributed by atoms with Crippen molar-refractivity contribution >= 4 is 5.96 Å². The lowest BCUT2D eigenvalue weighted by molar-refractivity contribution is 0.129. The van der Waals surface area contributed by atoms with Crippen LogP contribution in [-0.4, -0.2) is 42.9 Å². The van der Waals surface area contributed by atoms with Gasteiger partial charge < -0.3 is 19.9 Å². The number of hydrogen-bond donors (Lipinski definition) is 2. The first kappa shape index (κ1) is 16.4. The molecular weight excluding hydrogens is 258 g/mol. The Hall–Kier alpha value is -1.63. The molecule has 1 heterocycles. The first-order chi connectivity index (χ1) is 9.76. The summed E-state index contributed by atoms with van der Waals surface area (Å²) in [4.78, 5) is 8.23. The van der Waals surface area contributed by atoms with E-state index in [1.165, 1.54) is 6.42 Å². The quantitative estimate of drug-likeness (QED) is 0.403. The number of hydrogen-bond acceptors (Lipinski definition) is 5. The van der Waals surface area contributed by atoms with Gasteiger partial charge in [0.2, 0.25) is 5.89 Å². The number of unbranched alkanes of at least 4 members (excludes halogenated alkanes) is 1. The van der Waals surface area contributed by atoms with Crippen LogP contribution in [0.15, 0.2) is 9.52 Å². The number of guanidine groups is 1. The SMILES string of the molecule is CCCCOCCCNC(=NC)NCc1nc(C)no1. The van der Waals surface area contributed by atoms with Gasteiger partial charge in [-0.1, -0.05) is 18.5 Å². The van der Waals surface area contributed by atoms with Crippen molar-refractivity contribution in [2.45, 2.75) is 39.7 Å². The second kappa shape index (κ2) is 10.2. The van der Waals surface area contributed by atoms with Crippen LogP contribution in [0.2, 0.25) is 0 Å². The molecule has 0 bridgehead atoms. The summed E-state index contributed by atoms with van der Waals surface area (Å²) in [6.45, 7) is 6.85. The van der Waals surface area contributed by atoms with Crippen LogP contribution in [-0.2, 0) is 11.3 Å². The summed E-state index contributed by atoms with van der Waals surface area (Å²) in [6, 6.07) is 0. The molecule has 7 nitrogen and oxygen atoms in total. The zero-order valence-electron chi connectivity index (χ0n) is 12.6. The number of aliphatic imine (C=N–C) groups is 1. The van der Waals surface area contributed by atoms with Gasteiger partial charge in [0.05, 0.1) is 6.54 Å². The maximum absolute atomic E-state index is 5.49. The molecule has 20 heavy (non-hydrogen) atoms. The van der Waals surface area contributed by atoms with Crippen LogP contribution in [0, 0.1) is 6.92 Å². The highest BCUT2D eigenvalue weighted by Crippen LogP contribution is 1.94. The third kappa shape index (κ3) is 7.08. The smallest absolute Gasteiger partial charge is 0.246 e. The first-order valence-corrected chi connectivity index (χ1v) is 7.07. The van der Waals surface area contributed by atoms with Crippen LogP contribution in [0.1, 0.15) is 37.9 Å². The van der Waals surface area contributed by atoms with Gasteiger partial charge >= 0.3 is 0 Å². The average molecular weight is 283 g/mol. The number of aromatic nitrogens is 2. The van der Waals surface area contributed by atoms with Crippen LogP contribution >= 0.6 is 0 Å². The zero-order chi connectivity index (χ0) is 14.6. The van der Waals surface area contributed by atoms with Crippen molar-refractivity contribution in [3.05, 3.63) is 11.7 Å². The van der Waals surface area contributed by atoms with Crippen LogP contribution in [0.5, 0.6) is 0 Å². The monoisotopic (exact) mass is 283 g/mol. The molecule has 0 atom stereocenters. The predicted molar refractivity (Wildman–Crippen MR) is 77.6 cm³/mol. The van der Waals surface area contributed by atoms with Gasteiger partial charge in [-0.3, -0.25) is 4.99 Å². The number of nitrogens with zero attached hydrogens (tertiary/aromatic N) is 3. The molecule has 1 rings (SSSR count). The van der Waals surface area contributed by atoms with Crippen LogP contribution in [0.25, 0.3) is 0 Å². The van der Waals surface area contributed by atoms with Gasteiger partial charge in [-0.2, -0.15) is 4.98 Å². The Bertz CT molecular complexity index is 392. The minimum absolute atomic E-state index is 0.466. The van der Waals surface area contributed by atoms with Gasteiger partial charge in [-0.05, 0) is 19.8 Å². The van der Waals surface area contributed by atoms with Crippen LogP contribution < -0.4 is 10.6 Å². The molecule has 2 N–H and O–H groups in total. The van der Waals surface area contributed by atoms with E-state index in [-0.39, 0.29) is 0 Å². The Labute approximate surface area is 120 Å².